The lowest BCUT2D eigenvalue weighted by Gasteiger charge is -2.08. The SMILES string of the molecule is O=C(CSc1cccc(NC(=O)c2ccc(Cl)cc2Cl)c1)c1cccs1. The second-order valence-corrected chi connectivity index (χ2v) is 8.14. The second kappa shape index (κ2) is 8.73. The van der Waals surface area contributed by atoms with Crippen LogP contribution in [0, 0.1) is 0 Å². The van der Waals surface area contributed by atoms with E-state index in [1.807, 2.05) is 35.7 Å². The van der Waals surface area contributed by atoms with E-state index in [9.17, 15) is 9.59 Å². The van der Waals surface area contributed by atoms with Gasteiger partial charge in [-0.1, -0.05) is 35.3 Å². The predicted molar refractivity (Wildman–Crippen MR) is 110 cm³/mol. The maximum atomic E-state index is 12.4. The number of benzene rings is 2. The van der Waals surface area contributed by atoms with E-state index in [0.717, 1.165) is 9.77 Å². The number of thiophene rings is 1. The topological polar surface area (TPSA) is 46.2 Å². The summed E-state index contributed by atoms with van der Waals surface area (Å²) in [5.41, 5.74) is 0.983. The molecule has 0 radical (unpaired) electrons. The van der Waals surface area contributed by atoms with Crippen LogP contribution >= 0.6 is 46.3 Å². The van der Waals surface area contributed by atoms with Gasteiger partial charge in [0.2, 0.25) is 0 Å². The number of nitrogens with one attached hydrogen (secondary N) is 1. The van der Waals surface area contributed by atoms with Crippen LogP contribution in [0.25, 0.3) is 0 Å². The van der Waals surface area contributed by atoms with Crippen LogP contribution in [-0.2, 0) is 0 Å². The van der Waals surface area contributed by atoms with Gasteiger partial charge in [-0.2, -0.15) is 0 Å². The highest BCUT2D eigenvalue weighted by molar-refractivity contribution is 8.00. The van der Waals surface area contributed by atoms with Crippen molar-refractivity contribution in [3.63, 3.8) is 0 Å². The number of rotatable bonds is 6. The van der Waals surface area contributed by atoms with Crippen molar-refractivity contribution < 1.29 is 9.59 Å². The average Bonchev–Trinajstić information content (AvgIpc) is 3.14. The molecule has 1 amide bonds. The Kier molecular flexibility index (Phi) is 6.38. The van der Waals surface area contributed by atoms with Crippen LogP contribution < -0.4 is 5.32 Å². The van der Waals surface area contributed by atoms with Crippen molar-refractivity contribution in [1.82, 2.24) is 0 Å². The Morgan fingerprint density at radius 2 is 1.88 bits per heavy atom. The van der Waals surface area contributed by atoms with Crippen molar-refractivity contribution in [3.05, 3.63) is 80.5 Å². The van der Waals surface area contributed by atoms with Gasteiger partial charge in [0.25, 0.3) is 5.91 Å². The minimum absolute atomic E-state index is 0.0902. The van der Waals surface area contributed by atoms with Crippen molar-refractivity contribution in [2.75, 3.05) is 11.1 Å². The molecule has 1 N–H and O–H groups in total. The Balaban J connectivity index is 1.65. The highest BCUT2D eigenvalue weighted by Gasteiger charge is 2.12. The first-order valence-electron chi connectivity index (χ1n) is 7.59. The van der Waals surface area contributed by atoms with Gasteiger partial charge in [0.15, 0.2) is 5.78 Å². The fourth-order valence-corrected chi connectivity index (χ4v) is 4.28. The van der Waals surface area contributed by atoms with Gasteiger partial charge in [0.1, 0.15) is 0 Å². The smallest absolute Gasteiger partial charge is 0.257 e. The summed E-state index contributed by atoms with van der Waals surface area (Å²) in [6.45, 7) is 0. The highest BCUT2D eigenvalue weighted by Crippen LogP contribution is 2.25. The molecule has 0 aliphatic heterocycles. The van der Waals surface area contributed by atoms with Crippen LogP contribution in [0.4, 0.5) is 5.69 Å². The van der Waals surface area contributed by atoms with Crippen LogP contribution in [0.3, 0.4) is 0 Å². The Hall–Kier alpha value is -1.79. The number of carbonyl (C=O) groups excluding carboxylic acids is 2. The quantitative estimate of drug-likeness (QED) is 0.376. The lowest BCUT2D eigenvalue weighted by Crippen LogP contribution is -2.12. The van der Waals surface area contributed by atoms with Crippen LogP contribution in [-0.4, -0.2) is 17.4 Å². The first kappa shape index (κ1) is 19.0. The first-order chi connectivity index (χ1) is 12.5. The van der Waals surface area contributed by atoms with Crippen LogP contribution in [0.5, 0.6) is 0 Å². The third-order valence-corrected chi connectivity index (χ3v) is 5.89. The molecule has 0 fully saturated rings. The molecule has 3 nitrogen and oxygen atoms in total. The summed E-state index contributed by atoms with van der Waals surface area (Å²) in [7, 11) is 0. The molecule has 0 bridgehead atoms. The Labute approximate surface area is 169 Å². The van der Waals surface area contributed by atoms with E-state index in [1.54, 1.807) is 18.2 Å². The monoisotopic (exact) mass is 421 g/mol. The summed E-state index contributed by atoms with van der Waals surface area (Å²) < 4.78 is 0. The third kappa shape index (κ3) is 4.89. The number of amides is 1. The molecule has 1 heterocycles. The van der Waals surface area contributed by atoms with Gasteiger partial charge in [-0.3, -0.25) is 9.59 Å². The molecule has 3 aromatic rings. The van der Waals surface area contributed by atoms with Gasteiger partial charge in [-0.15, -0.1) is 23.1 Å². The predicted octanol–water partition coefficient (Wildman–Crippen LogP) is 6.28. The first-order valence-corrected chi connectivity index (χ1v) is 10.2. The van der Waals surface area contributed by atoms with Crippen molar-refractivity contribution in [2.24, 2.45) is 0 Å². The Morgan fingerprint density at radius 1 is 1.04 bits per heavy atom. The molecule has 0 atom stereocenters. The maximum Gasteiger partial charge on any atom is 0.257 e. The van der Waals surface area contributed by atoms with Gasteiger partial charge < -0.3 is 5.32 Å². The summed E-state index contributed by atoms with van der Waals surface area (Å²) in [6.07, 6.45) is 0. The molecule has 26 heavy (non-hydrogen) atoms. The van der Waals surface area contributed by atoms with Crippen LogP contribution in [0.15, 0.2) is 64.9 Å². The molecule has 0 aliphatic carbocycles. The van der Waals surface area contributed by atoms with E-state index in [2.05, 4.69) is 5.32 Å². The van der Waals surface area contributed by atoms with E-state index in [1.165, 1.54) is 29.2 Å². The summed E-state index contributed by atoms with van der Waals surface area (Å²) in [5, 5.41) is 5.46. The summed E-state index contributed by atoms with van der Waals surface area (Å²) >= 11 is 14.8. The number of ketones is 1. The summed E-state index contributed by atoms with van der Waals surface area (Å²) in [4.78, 5) is 26.1. The lowest BCUT2D eigenvalue weighted by atomic mass is 10.2. The molecular weight excluding hydrogens is 409 g/mol. The third-order valence-electron chi connectivity index (χ3n) is 3.43. The summed E-state index contributed by atoms with van der Waals surface area (Å²) in [6, 6.07) is 15.7. The second-order valence-electron chi connectivity index (χ2n) is 5.30. The van der Waals surface area contributed by atoms with Gasteiger partial charge in [-0.05, 0) is 47.8 Å². The van der Waals surface area contributed by atoms with Crippen molar-refractivity contribution in [2.45, 2.75) is 4.90 Å². The molecule has 2 aromatic carbocycles. The fourth-order valence-electron chi connectivity index (χ4n) is 2.19. The van der Waals surface area contributed by atoms with E-state index < -0.39 is 0 Å². The van der Waals surface area contributed by atoms with E-state index in [-0.39, 0.29) is 11.7 Å². The molecular formula is C19H13Cl2NO2S2. The van der Waals surface area contributed by atoms with Crippen LogP contribution in [0.1, 0.15) is 20.0 Å². The zero-order valence-corrected chi connectivity index (χ0v) is 16.5. The van der Waals surface area contributed by atoms with Gasteiger partial charge in [0.05, 0.1) is 21.2 Å². The zero-order valence-electron chi connectivity index (χ0n) is 13.4. The molecule has 7 heteroatoms. The van der Waals surface area contributed by atoms with Gasteiger partial charge >= 0.3 is 0 Å². The number of Topliss-reactive ketones (excluding diaryl/α,β-unsaturated/α-hetero) is 1. The molecule has 0 unspecified atom stereocenters. The van der Waals surface area contributed by atoms with Crippen molar-refractivity contribution >= 4 is 63.7 Å². The van der Waals surface area contributed by atoms with E-state index >= 15 is 0 Å². The number of hydrogen-bond acceptors (Lipinski definition) is 4. The zero-order chi connectivity index (χ0) is 18.5. The molecule has 3 rings (SSSR count). The standard InChI is InChI=1S/C19H13Cl2NO2S2/c20-12-6-7-15(16(21)9-12)19(24)22-13-3-1-4-14(10-13)26-11-17(23)18-5-2-8-25-18/h1-10H,11H2,(H,22,24). The minimum atomic E-state index is -0.316. The number of anilines is 1. The minimum Gasteiger partial charge on any atom is -0.322 e. The normalized spacial score (nSPS) is 10.5. The van der Waals surface area contributed by atoms with Crippen LogP contribution in [0.2, 0.25) is 10.0 Å². The number of hydrogen-bond donors (Lipinski definition) is 1. The molecule has 0 saturated heterocycles. The van der Waals surface area contributed by atoms with Gasteiger partial charge in [-0.25, -0.2) is 0 Å². The van der Waals surface area contributed by atoms with Crippen molar-refractivity contribution in [3.8, 4) is 0 Å². The summed E-state index contributed by atoms with van der Waals surface area (Å²) in [5.74, 6) is 0.122. The number of thioether (sulfide) groups is 1. The molecule has 0 saturated carbocycles. The lowest BCUT2D eigenvalue weighted by molar-refractivity contribution is 0.101. The largest absolute Gasteiger partial charge is 0.322 e. The Morgan fingerprint density at radius 3 is 2.62 bits per heavy atom. The average molecular weight is 422 g/mol. The fraction of sp³-hybridized carbons (Fsp3) is 0.0526. The maximum absolute atomic E-state index is 12.4. The van der Waals surface area contributed by atoms with E-state index in [0.29, 0.717) is 27.0 Å². The molecule has 0 spiro atoms. The number of carbonyl (C=O) groups is 2. The number of halogens is 2. The Bertz CT molecular complexity index is 942. The van der Waals surface area contributed by atoms with Crippen molar-refractivity contribution in [1.29, 1.82) is 0 Å². The van der Waals surface area contributed by atoms with Gasteiger partial charge in [0, 0.05) is 15.6 Å². The highest BCUT2D eigenvalue weighted by atomic mass is 35.5. The van der Waals surface area contributed by atoms with E-state index in [4.69, 9.17) is 23.2 Å². The molecule has 0 aliphatic rings. The molecule has 132 valence electrons. The molecule has 1 aromatic heterocycles.